The Morgan fingerprint density at radius 3 is 2.94 bits per heavy atom. The number of nitrogens with two attached hydrogens (primary N) is 1. The van der Waals surface area contributed by atoms with Gasteiger partial charge in [-0.25, -0.2) is 4.98 Å². The Kier molecular flexibility index (Phi) is 2.52. The van der Waals surface area contributed by atoms with Gasteiger partial charge in [-0.05, 0) is 38.3 Å². The molecule has 1 aliphatic carbocycles. The van der Waals surface area contributed by atoms with E-state index in [0.717, 1.165) is 40.9 Å². The van der Waals surface area contributed by atoms with Crippen LogP contribution in [0.3, 0.4) is 0 Å². The summed E-state index contributed by atoms with van der Waals surface area (Å²) >= 11 is 1.61. The summed E-state index contributed by atoms with van der Waals surface area (Å²) < 4.78 is 0. The Morgan fingerprint density at radius 2 is 2.29 bits per heavy atom. The SMILES string of the molecule is Cc1c(CCN)sc2nc(C3CC3)[nH]c(=O)c12. The van der Waals surface area contributed by atoms with Crippen LogP contribution in [0.5, 0.6) is 0 Å². The summed E-state index contributed by atoms with van der Waals surface area (Å²) in [4.78, 5) is 21.6. The third-order valence-corrected chi connectivity index (χ3v) is 4.50. The number of hydrogen-bond acceptors (Lipinski definition) is 4. The summed E-state index contributed by atoms with van der Waals surface area (Å²) in [6.07, 6.45) is 3.12. The van der Waals surface area contributed by atoms with Crippen molar-refractivity contribution < 1.29 is 0 Å². The molecule has 0 spiro atoms. The van der Waals surface area contributed by atoms with Crippen molar-refractivity contribution in [2.75, 3.05) is 6.54 Å². The molecule has 4 nitrogen and oxygen atoms in total. The number of aromatic amines is 1. The fourth-order valence-electron chi connectivity index (χ4n) is 2.13. The van der Waals surface area contributed by atoms with Crippen molar-refractivity contribution in [2.24, 2.45) is 5.73 Å². The van der Waals surface area contributed by atoms with Gasteiger partial charge in [0.2, 0.25) is 0 Å². The van der Waals surface area contributed by atoms with Gasteiger partial charge >= 0.3 is 0 Å². The van der Waals surface area contributed by atoms with Crippen LogP contribution in [0.1, 0.15) is 35.0 Å². The van der Waals surface area contributed by atoms with Crippen molar-refractivity contribution in [3.63, 3.8) is 0 Å². The van der Waals surface area contributed by atoms with Gasteiger partial charge in [-0.2, -0.15) is 0 Å². The molecule has 0 aliphatic heterocycles. The molecule has 2 aromatic rings. The number of nitrogens with zero attached hydrogens (tertiary/aromatic N) is 1. The normalized spacial score (nSPS) is 15.6. The Morgan fingerprint density at radius 1 is 1.53 bits per heavy atom. The van der Waals surface area contributed by atoms with Crippen LogP contribution < -0.4 is 11.3 Å². The second kappa shape index (κ2) is 3.92. The molecule has 0 bridgehead atoms. The van der Waals surface area contributed by atoms with Crippen molar-refractivity contribution in [2.45, 2.75) is 32.1 Å². The zero-order valence-electron chi connectivity index (χ0n) is 9.75. The highest BCUT2D eigenvalue weighted by molar-refractivity contribution is 7.18. The summed E-state index contributed by atoms with van der Waals surface area (Å²) in [5.74, 6) is 1.34. The average molecular weight is 249 g/mol. The molecule has 5 heteroatoms. The van der Waals surface area contributed by atoms with Crippen molar-refractivity contribution in [3.05, 3.63) is 26.6 Å². The van der Waals surface area contributed by atoms with E-state index in [-0.39, 0.29) is 5.56 Å². The number of aryl methyl sites for hydroxylation is 1. The number of thiophene rings is 1. The molecule has 90 valence electrons. The van der Waals surface area contributed by atoms with Gasteiger partial charge in [-0.15, -0.1) is 11.3 Å². The molecule has 0 aromatic carbocycles. The van der Waals surface area contributed by atoms with Gasteiger partial charge in [0.25, 0.3) is 5.56 Å². The molecule has 0 radical (unpaired) electrons. The lowest BCUT2D eigenvalue weighted by Crippen LogP contribution is -2.11. The van der Waals surface area contributed by atoms with Crippen LogP contribution in [-0.2, 0) is 6.42 Å². The van der Waals surface area contributed by atoms with Crippen LogP contribution in [-0.4, -0.2) is 16.5 Å². The second-order valence-electron chi connectivity index (χ2n) is 4.59. The van der Waals surface area contributed by atoms with Crippen LogP contribution >= 0.6 is 11.3 Å². The Hall–Kier alpha value is -1.20. The van der Waals surface area contributed by atoms with Crippen LogP contribution in [0.25, 0.3) is 10.2 Å². The van der Waals surface area contributed by atoms with Gasteiger partial charge < -0.3 is 10.7 Å². The lowest BCUT2D eigenvalue weighted by atomic mass is 10.2. The van der Waals surface area contributed by atoms with Crippen LogP contribution in [0.4, 0.5) is 0 Å². The van der Waals surface area contributed by atoms with Gasteiger partial charge in [0.1, 0.15) is 10.7 Å². The first-order valence-electron chi connectivity index (χ1n) is 5.93. The van der Waals surface area contributed by atoms with Gasteiger partial charge in [0, 0.05) is 10.8 Å². The van der Waals surface area contributed by atoms with E-state index in [1.165, 1.54) is 4.88 Å². The van der Waals surface area contributed by atoms with Gasteiger partial charge in [-0.3, -0.25) is 4.79 Å². The summed E-state index contributed by atoms with van der Waals surface area (Å²) in [6, 6.07) is 0. The molecular weight excluding hydrogens is 234 g/mol. The topological polar surface area (TPSA) is 71.8 Å². The molecule has 2 heterocycles. The van der Waals surface area contributed by atoms with E-state index in [9.17, 15) is 4.79 Å². The molecule has 0 unspecified atom stereocenters. The van der Waals surface area contributed by atoms with Gasteiger partial charge in [-0.1, -0.05) is 0 Å². The number of rotatable bonds is 3. The summed E-state index contributed by atoms with van der Waals surface area (Å²) in [5, 5.41) is 0.753. The van der Waals surface area contributed by atoms with E-state index in [2.05, 4.69) is 9.97 Å². The molecule has 1 saturated carbocycles. The smallest absolute Gasteiger partial charge is 0.259 e. The van der Waals surface area contributed by atoms with E-state index in [1.807, 2.05) is 6.92 Å². The monoisotopic (exact) mass is 249 g/mol. The summed E-state index contributed by atoms with van der Waals surface area (Å²) in [5.41, 5.74) is 6.63. The minimum Gasteiger partial charge on any atom is -0.330 e. The van der Waals surface area contributed by atoms with Crippen molar-refractivity contribution in [3.8, 4) is 0 Å². The number of aromatic nitrogens is 2. The highest BCUT2D eigenvalue weighted by Gasteiger charge is 2.27. The molecule has 1 aliphatic rings. The van der Waals surface area contributed by atoms with Crippen LogP contribution in [0, 0.1) is 6.92 Å². The number of fused-ring (bicyclic) bond motifs is 1. The van der Waals surface area contributed by atoms with Crippen molar-refractivity contribution >= 4 is 21.6 Å². The molecule has 2 aromatic heterocycles. The minimum absolute atomic E-state index is 0.00826. The predicted molar refractivity (Wildman–Crippen MR) is 69.7 cm³/mol. The van der Waals surface area contributed by atoms with E-state index < -0.39 is 0 Å². The first kappa shape index (κ1) is 10.9. The number of hydrogen-bond donors (Lipinski definition) is 2. The van der Waals surface area contributed by atoms with E-state index >= 15 is 0 Å². The molecule has 1 fully saturated rings. The van der Waals surface area contributed by atoms with Crippen molar-refractivity contribution in [1.29, 1.82) is 0 Å². The molecule has 3 rings (SSSR count). The fraction of sp³-hybridized carbons (Fsp3) is 0.500. The quantitative estimate of drug-likeness (QED) is 0.869. The molecule has 0 amide bonds. The maximum absolute atomic E-state index is 12.1. The highest BCUT2D eigenvalue weighted by atomic mass is 32.1. The molecule has 0 saturated heterocycles. The number of H-pyrrole nitrogens is 1. The van der Waals surface area contributed by atoms with Gasteiger partial charge in [0.15, 0.2) is 0 Å². The third-order valence-electron chi connectivity index (χ3n) is 3.25. The lowest BCUT2D eigenvalue weighted by molar-refractivity contribution is 0.934. The maximum atomic E-state index is 12.1. The fourth-order valence-corrected chi connectivity index (χ4v) is 3.33. The zero-order chi connectivity index (χ0) is 12.0. The van der Waals surface area contributed by atoms with Crippen molar-refractivity contribution in [1.82, 2.24) is 9.97 Å². The lowest BCUT2D eigenvalue weighted by Gasteiger charge is -1.97. The molecular formula is C12H15N3OS. The standard InChI is InChI=1S/C12H15N3OS/c1-6-8(4-5-13)17-12-9(6)11(16)14-10(15-12)7-2-3-7/h7H,2-5,13H2,1H3,(H,14,15,16). The molecule has 0 atom stereocenters. The largest absolute Gasteiger partial charge is 0.330 e. The van der Waals surface area contributed by atoms with E-state index in [0.29, 0.717) is 12.5 Å². The molecule has 17 heavy (non-hydrogen) atoms. The second-order valence-corrected chi connectivity index (χ2v) is 5.68. The van der Waals surface area contributed by atoms with E-state index in [4.69, 9.17) is 5.73 Å². The Bertz CT molecular complexity index is 624. The zero-order valence-corrected chi connectivity index (χ0v) is 10.6. The third kappa shape index (κ3) is 1.79. The number of nitrogens with one attached hydrogen (secondary N) is 1. The van der Waals surface area contributed by atoms with Crippen LogP contribution in [0.15, 0.2) is 4.79 Å². The summed E-state index contributed by atoms with van der Waals surface area (Å²) in [7, 11) is 0. The first-order chi connectivity index (χ1) is 8.20. The Balaban J connectivity index is 2.21. The van der Waals surface area contributed by atoms with E-state index in [1.54, 1.807) is 11.3 Å². The first-order valence-corrected chi connectivity index (χ1v) is 6.74. The average Bonchev–Trinajstić information content (AvgIpc) is 3.07. The molecule has 3 N–H and O–H groups in total. The van der Waals surface area contributed by atoms with Gasteiger partial charge in [0.05, 0.1) is 5.39 Å². The maximum Gasteiger partial charge on any atom is 0.259 e. The highest BCUT2D eigenvalue weighted by Crippen LogP contribution is 2.38. The minimum atomic E-state index is 0.00826. The summed E-state index contributed by atoms with van der Waals surface area (Å²) in [6.45, 7) is 2.60. The Labute approximate surface area is 103 Å². The predicted octanol–water partition coefficient (Wildman–Crippen LogP) is 1.67. The van der Waals surface area contributed by atoms with Crippen LogP contribution in [0.2, 0.25) is 0 Å².